The number of para-hydroxylation sites is 1. The number of nitriles is 1. The molecule has 4 rings (SSSR count). The van der Waals surface area contributed by atoms with Crippen molar-refractivity contribution in [1.29, 1.82) is 5.26 Å². The Morgan fingerprint density at radius 3 is 2.93 bits per heavy atom. The molecule has 0 bridgehead atoms. The van der Waals surface area contributed by atoms with E-state index in [0.29, 0.717) is 19.1 Å². The van der Waals surface area contributed by atoms with Gasteiger partial charge in [0.2, 0.25) is 10.0 Å². The average molecular weight is 388 g/mol. The average Bonchev–Trinajstić information content (AvgIpc) is 3.04. The molecule has 1 fully saturated rings. The SMILES string of the molecule is CS(=O)(=O)NCCN[C@@H]1CCN2CC(C#N)c3c(oc4ccccc34)[C@@H]2C1. The Bertz CT molecular complexity index is 978. The van der Waals surface area contributed by atoms with E-state index >= 15 is 0 Å². The van der Waals surface area contributed by atoms with E-state index in [0.717, 1.165) is 48.2 Å². The lowest BCUT2D eigenvalue weighted by atomic mass is 9.84. The second kappa shape index (κ2) is 7.24. The highest BCUT2D eigenvalue weighted by molar-refractivity contribution is 7.88. The molecule has 0 spiro atoms. The standard InChI is InChI=1S/C19H24N4O3S/c1-27(24,25)22-8-7-21-14-6-9-23-12-13(11-20)18-15-4-2-3-5-17(15)26-19(18)16(23)10-14/h2-5,13-14,16,21-22H,6-10,12H2,1H3/t13?,14-,16+/m1/s1. The number of nitrogens with one attached hydrogen (secondary N) is 2. The van der Waals surface area contributed by atoms with Crippen LogP contribution in [0.3, 0.4) is 0 Å². The first kappa shape index (κ1) is 18.4. The molecule has 2 aliphatic rings. The monoisotopic (exact) mass is 388 g/mol. The first-order valence-electron chi connectivity index (χ1n) is 9.29. The molecule has 0 aliphatic carbocycles. The van der Waals surface area contributed by atoms with Crippen LogP contribution in [0.2, 0.25) is 0 Å². The van der Waals surface area contributed by atoms with E-state index in [4.69, 9.17) is 4.42 Å². The van der Waals surface area contributed by atoms with E-state index in [1.54, 1.807) is 0 Å². The van der Waals surface area contributed by atoms with Crippen molar-refractivity contribution in [1.82, 2.24) is 14.9 Å². The third-order valence-electron chi connectivity index (χ3n) is 5.52. The molecule has 1 aromatic carbocycles. The number of fused-ring (bicyclic) bond motifs is 5. The van der Waals surface area contributed by atoms with Crippen LogP contribution < -0.4 is 10.0 Å². The van der Waals surface area contributed by atoms with Gasteiger partial charge in [0.25, 0.3) is 0 Å². The zero-order valence-electron chi connectivity index (χ0n) is 15.3. The van der Waals surface area contributed by atoms with Crippen molar-refractivity contribution in [2.24, 2.45) is 0 Å². The smallest absolute Gasteiger partial charge is 0.208 e. The molecule has 2 N–H and O–H groups in total. The third-order valence-corrected chi connectivity index (χ3v) is 6.25. The van der Waals surface area contributed by atoms with Crippen LogP contribution in [0.5, 0.6) is 0 Å². The summed E-state index contributed by atoms with van der Waals surface area (Å²) in [4.78, 5) is 2.35. The molecular formula is C19H24N4O3S. The predicted octanol–water partition coefficient (Wildman–Crippen LogP) is 1.70. The maximum absolute atomic E-state index is 11.2. The van der Waals surface area contributed by atoms with Gasteiger partial charge in [-0.2, -0.15) is 5.26 Å². The number of hydrogen-bond donors (Lipinski definition) is 2. The third kappa shape index (κ3) is 3.73. The molecular weight excluding hydrogens is 364 g/mol. The molecule has 7 nitrogen and oxygen atoms in total. The lowest BCUT2D eigenvalue weighted by Gasteiger charge is -2.42. The number of sulfonamides is 1. The van der Waals surface area contributed by atoms with Crippen LogP contribution in [0.25, 0.3) is 11.0 Å². The molecule has 144 valence electrons. The maximum Gasteiger partial charge on any atom is 0.208 e. The van der Waals surface area contributed by atoms with Gasteiger partial charge < -0.3 is 9.73 Å². The fourth-order valence-corrected chi connectivity index (χ4v) is 4.80. The van der Waals surface area contributed by atoms with Gasteiger partial charge in [0.15, 0.2) is 0 Å². The summed E-state index contributed by atoms with van der Waals surface area (Å²) in [6, 6.07) is 10.8. The quantitative estimate of drug-likeness (QED) is 0.757. The van der Waals surface area contributed by atoms with Gasteiger partial charge in [-0.3, -0.25) is 4.90 Å². The van der Waals surface area contributed by atoms with Crippen LogP contribution in [0.1, 0.15) is 36.1 Å². The number of furan rings is 1. The highest BCUT2D eigenvalue weighted by Gasteiger charge is 2.41. The van der Waals surface area contributed by atoms with Crippen molar-refractivity contribution in [3.63, 3.8) is 0 Å². The maximum atomic E-state index is 11.2. The zero-order valence-corrected chi connectivity index (χ0v) is 16.1. The number of benzene rings is 1. The van der Waals surface area contributed by atoms with Crippen LogP contribution in [-0.4, -0.2) is 51.8 Å². The molecule has 1 aromatic heterocycles. The second-order valence-corrected chi connectivity index (χ2v) is 9.24. The normalized spacial score (nSPS) is 25.7. The van der Waals surface area contributed by atoms with Gasteiger partial charge in [-0.05, 0) is 18.9 Å². The van der Waals surface area contributed by atoms with Gasteiger partial charge >= 0.3 is 0 Å². The van der Waals surface area contributed by atoms with E-state index in [9.17, 15) is 13.7 Å². The van der Waals surface area contributed by atoms with Gasteiger partial charge in [-0.25, -0.2) is 13.1 Å². The molecule has 1 unspecified atom stereocenters. The summed E-state index contributed by atoms with van der Waals surface area (Å²) < 4.78 is 31.0. The van der Waals surface area contributed by atoms with Crippen molar-refractivity contribution in [3.8, 4) is 6.07 Å². The highest BCUT2D eigenvalue weighted by Crippen LogP contribution is 2.45. The van der Waals surface area contributed by atoms with Crippen LogP contribution in [0.4, 0.5) is 0 Å². The van der Waals surface area contributed by atoms with Gasteiger partial charge in [0.1, 0.15) is 11.3 Å². The number of nitrogens with zero attached hydrogens (tertiary/aromatic N) is 2. The van der Waals surface area contributed by atoms with Crippen LogP contribution >= 0.6 is 0 Å². The van der Waals surface area contributed by atoms with E-state index in [-0.39, 0.29) is 12.0 Å². The summed E-state index contributed by atoms with van der Waals surface area (Å²) in [6.45, 7) is 2.62. The summed E-state index contributed by atoms with van der Waals surface area (Å²) in [5, 5.41) is 14.2. The van der Waals surface area contributed by atoms with E-state index in [1.807, 2.05) is 24.3 Å². The summed E-state index contributed by atoms with van der Waals surface area (Å²) in [7, 11) is -3.15. The predicted molar refractivity (Wildman–Crippen MR) is 103 cm³/mol. The number of rotatable bonds is 5. The molecule has 1 saturated heterocycles. The van der Waals surface area contributed by atoms with E-state index in [2.05, 4.69) is 21.0 Å². The molecule has 3 heterocycles. The Morgan fingerprint density at radius 2 is 2.15 bits per heavy atom. The molecule has 8 heteroatoms. The molecule has 0 saturated carbocycles. The highest BCUT2D eigenvalue weighted by atomic mass is 32.2. The Kier molecular flexibility index (Phi) is 4.95. The van der Waals surface area contributed by atoms with E-state index in [1.165, 1.54) is 6.26 Å². The van der Waals surface area contributed by atoms with Crippen molar-refractivity contribution in [2.75, 3.05) is 32.4 Å². The molecule has 2 aliphatic heterocycles. The fourth-order valence-electron chi connectivity index (χ4n) is 4.33. The number of hydrogen-bond acceptors (Lipinski definition) is 6. The molecule has 0 amide bonds. The van der Waals surface area contributed by atoms with Crippen molar-refractivity contribution >= 4 is 21.0 Å². The summed E-state index contributed by atoms with van der Waals surface area (Å²) in [6.07, 6.45) is 3.04. The Balaban J connectivity index is 1.52. The minimum Gasteiger partial charge on any atom is -0.459 e. The number of piperidine rings is 1. The lowest BCUT2D eigenvalue weighted by Crippen LogP contribution is -2.48. The van der Waals surface area contributed by atoms with Crippen molar-refractivity contribution in [2.45, 2.75) is 30.8 Å². The summed E-state index contributed by atoms with van der Waals surface area (Å²) in [5.41, 5.74) is 1.89. The molecule has 27 heavy (non-hydrogen) atoms. The lowest BCUT2D eigenvalue weighted by molar-refractivity contribution is 0.0947. The van der Waals surface area contributed by atoms with Gasteiger partial charge in [0.05, 0.1) is 24.3 Å². The van der Waals surface area contributed by atoms with Crippen molar-refractivity contribution < 1.29 is 12.8 Å². The Morgan fingerprint density at radius 1 is 1.33 bits per heavy atom. The van der Waals surface area contributed by atoms with Crippen LogP contribution in [-0.2, 0) is 10.0 Å². The summed E-state index contributed by atoms with van der Waals surface area (Å²) in [5.74, 6) is 0.762. The molecule has 0 radical (unpaired) electrons. The second-order valence-electron chi connectivity index (χ2n) is 7.41. The summed E-state index contributed by atoms with van der Waals surface area (Å²) >= 11 is 0. The van der Waals surface area contributed by atoms with Gasteiger partial charge in [0, 0.05) is 43.2 Å². The fraction of sp³-hybridized carbons (Fsp3) is 0.526. The largest absolute Gasteiger partial charge is 0.459 e. The molecule has 3 atom stereocenters. The van der Waals surface area contributed by atoms with Crippen molar-refractivity contribution in [3.05, 3.63) is 35.6 Å². The van der Waals surface area contributed by atoms with Gasteiger partial charge in [-0.15, -0.1) is 0 Å². The Labute approximate surface area is 159 Å². The zero-order chi connectivity index (χ0) is 19.0. The van der Waals surface area contributed by atoms with Gasteiger partial charge in [-0.1, -0.05) is 18.2 Å². The first-order chi connectivity index (χ1) is 13.0. The Hall–Kier alpha value is -1.92. The van der Waals surface area contributed by atoms with E-state index < -0.39 is 10.0 Å². The minimum absolute atomic E-state index is 0.158. The molecule has 2 aromatic rings. The van der Waals surface area contributed by atoms with Crippen LogP contribution in [0, 0.1) is 11.3 Å². The first-order valence-corrected chi connectivity index (χ1v) is 11.2. The minimum atomic E-state index is -3.15. The topological polar surface area (TPSA) is 98.4 Å². The van der Waals surface area contributed by atoms with Crippen LogP contribution in [0.15, 0.2) is 28.7 Å².